The van der Waals surface area contributed by atoms with Crippen LogP contribution in [-0.2, 0) is 9.84 Å². The van der Waals surface area contributed by atoms with E-state index in [-0.39, 0.29) is 17.9 Å². The van der Waals surface area contributed by atoms with Crippen LogP contribution in [0.1, 0.15) is 23.2 Å². The molecule has 0 radical (unpaired) electrons. The van der Waals surface area contributed by atoms with Gasteiger partial charge in [0.25, 0.3) is 5.91 Å². The molecular formula is C26H26N6O3S. The van der Waals surface area contributed by atoms with E-state index in [2.05, 4.69) is 37.6 Å². The zero-order valence-electron chi connectivity index (χ0n) is 19.6. The van der Waals surface area contributed by atoms with Gasteiger partial charge in [0.2, 0.25) is 5.95 Å². The monoisotopic (exact) mass is 502 g/mol. The van der Waals surface area contributed by atoms with Gasteiger partial charge in [-0.2, -0.15) is 5.26 Å². The van der Waals surface area contributed by atoms with Crippen LogP contribution < -0.4 is 15.5 Å². The number of nitriles is 1. The first-order chi connectivity index (χ1) is 17.3. The summed E-state index contributed by atoms with van der Waals surface area (Å²) in [5, 5.41) is 14.4. The molecule has 1 spiro atoms. The van der Waals surface area contributed by atoms with E-state index in [0.29, 0.717) is 28.7 Å². The summed E-state index contributed by atoms with van der Waals surface area (Å²) in [4.78, 5) is 23.2. The van der Waals surface area contributed by atoms with Crippen LogP contribution in [0.15, 0.2) is 60.8 Å². The maximum absolute atomic E-state index is 12.0. The topological polar surface area (TPSA) is 128 Å². The molecule has 1 aromatic heterocycles. The van der Waals surface area contributed by atoms with Crippen molar-refractivity contribution in [2.45, 2.75) is 12.8 Å². The van der Waals surface area contributed by atoms with Crippen molar-refractivity contribution >= 4 is 33.1 Å². The molecule has 3 aromatic rings. The number of nitrogens with zero attached hydrogens (tertiary/aromatic N) is 4. The highest BCUT2D eigenvalue weighted by Crippen LogP contribution is 2.43. The van der Waals surface area contributed by atoms with Crippen molar-refractivity contribution in [1.29, 1.82) is 5.26 Å². The van der Waals surface area contributed by atoms with E-state index in [1.54, 1.807) is 24.4 Å². The Balaban J connectivity index is 1.20. The average Bonchev–Trinajstić information content (AvgIpc) is 2.87. The molecule has 0 aliphatic carbocycles. The third kappa shape index (κ3) is 5.16. The largest absolute Gasteiger partial charge is 0.371 e. The van der Waals surface area contributed by atoms with Gasteiger partial charge in [-0.3, -0.25) is 4.79 Å². The highest BCUT2D eigenvalue weighted by atomic mass is 32.2. The molecule has 0 saturated carbocycles. The number of amides is 1. The minimum absolute atomic E-state index is 0.00329. The summed E-state index contributed by atoms with van der Waals surface area (Å²) in [5.41, 5.74) is 4.01. The number of hydrogen-bond donors (Lipinski definition) is 2. The fourth-order valence-corrected chi connectivity index (χ4v) is 7.26. The second-order valence-electron chi connectivity index (χ2n) is 9.37. The molecule has 3 heterocycles. The lowest BCUT2D eigenvalue weighted by molar-refractivity contribution is 0.0958. The highest BCUT2D eigenvalue weighted by Gasteiger charge is 2.49. The van der Waals surface area contributed by atoms with Gasteiger partial charge >= 0.3 is 0 Å². The molecule has 2 saturated heterocycles. The van der Waals surface area contributed by atoms with Crippen molar-refractivity contribution in [2.24, 2.45) is 5.41 Å². The minimum Gasteiger partial charge on any atom is -0.371 e. The smallest absolute Gasteiger partial charge is 0.252 e. The van der Waals surface area contributed by atoms with E-state index in [4.69, 9.17) is 5.26 Å². The number of nitrogens with one attached hydrogen (secondary N) is 2. The van der Waals surface area contributed by atoms with Crippen molar-refractivity contribution in [3.8, 4) is 17.3 Å². The van der Waals surface area contributed by atoms with Crippen molar-refractivity contribution < 1.29 is 13.2 Å². The molecule has 36 heavy (non-hydrogen) atoms. The molecular weight excluding hydrogens is 476 g/mol. The van der Waals surface area contributed by atoms with Crippen LogP contribution in [0.25, 0.3) is 11.3 Å². The standard InChI is InChI=1S/C26H26N6O3S/c27-12-14-28-24(33)20-3-1-19(2-4-20)23-9-13-29-25(31-23)30-21-5-7-22(8-6-21)32-15-10-26(11-16-32)17-36(34,35)18-26/h1-9,13H,10-11,14-18H2,(H,28,33)(H,29,30,31). The molecule has 0 atom stereocenters. The van der Waals surface area contributed by atoms with Crippen molar-refractivity contribution in [2.75, 3.05) is 41.4 Å². The zero-order valence-corrected chi connectivity index (χ0v) is 20.5. The Morgan fingerprint density at radius 2 is 1.72 bits per heavy atom. The van der Waals surface area contributed by atoms with Crippen molar-refractivity contribution in [1.82, 2.24) is 15.3 Å². The van der Waals surface area contributed by atoms with Gasteiger partial charge in [0.05, 0.1) is 23.3 Å². The number of carbonyl (C=O) groups is 1. The van der Waals surface area contributed by atoms with E-state index in [9.17, 15) is 13.2 Å². The number of hydrogen-bond acceptors (Lipinski definition) is 8. The fraction of sp³-hybridized carbons (Fsp3) is 0.308. The average molecular weight is 503 g/mol. The summed E-state index contributed by atoms with van der Waals surface area (Å²) >= 11 is 0. The van der Waals surface area contributed by atoms with E-state index in [1.165, 1.54) is 0 Å². The Bertz CT molecular complexity index is 1390. The first-order valence-corrected chi connectivity index (χ1v) is 13.6. The number of anilines is 3. The second kappa shape index (κ2) is 9.59. The van der Waals surface area contributed by atoms with Crippen LogP contribution in [0.4, 0.5) is 17.3 Å². The molecule has 2 fully saturated rings. The number of rotatable bonds is 6. The number of carbonyl (C=O) groups excluding carboxylic acids is 1. The molecule has 2 aliphatic rings. The molecule has 2 N–H and O–H groups in total. The Morgan fingerprint density at radius 3 is 2.36 bits per heavy atom. The number of sulfone groups is 1. The van der Waals surface area contributed by atoms with Crippen molar-refractivity contribution in [3.05, 3.63) is 66.4 Å². The summed E-state index contributed by atoms with van der Waals surface area (Å²) in [7, 11) is -2.80. The lowest BCUT2D eigenvalue weighted by Gasteiger charge is -2.47. The maximum atomic E-state index is 12.0. The molecule has 2 aromatic carbocycles. The molecule has 5 rings (SSSR count). The van der Waals surface area contributed by atoms with Crippen LogP contribution in [-0.4, -0.2) is 55.4 Å². The SMILES string of the molecule is N#CCNC(=O)c1ccc(-c2ccnc(Nc3ccc(N4CCC5(CC4)CS(=O)(=O)C5)cc3)n2)cc1. The summed E-state index contributed by atoms with van der Waals surface area (Å²) in [6.45, 7) is 1.70. The van der Waals surface area contributed by atoms with Crippen LogP contribution in [0, 0.1) is 16.7 Å². The minimum atomic E-state index is -2.80. The van der Waals surface area contributed by atoms with Gasteiger partial charge in [-0.1, -0.05) is 12.1 Å². The van der Waals surface area contributed by atoms with Crippen LogP contribution >= 0.6 is 0 Å². The number of piperidine rings is 1. The van der Waals surface area contributed by atoms with Gasteiger partial charge < -0.3 is 15.5 Å². The fourth-order valence-electron chi connectivity index (χ4n) is 4.90. The molecule has 0 unspecified atom stereocenters. The first kappa shape index (κ1) is 23.8. The normalized spacial score (nSPS) is 17.6. The quantitative estimate of drug-likeness (QED) is 0.492. The predicted molar refractivity (Wildman–Crippen MR) is 138 cm³/mol. The predicted octanol–water partition coefficient (Wildman–Crippen LogP) is 3.16. The van der Waals surface area contributed by atoms with Crippen molar-refractivity contribution in [3.63, 3.8) is 0 Å². The Morgan fingerprint density at radius 1 is 1.03 bits per heavy atom. The first-order valence-electron chi connectivity index (χ1n) is 11.8. The van der Waals surface area contributed by atoms with Gasteiger partial charge in [0.15, 0.2) is 9.84 Å². The summed E-state index contributed by atoms with van der Waals surface area (Å²) in [5.74, 6) is 0.855. The van der Waals surface area contributed by atoms with Gasteiger partial charge in [-0.05, 0) is 55.3 Å². The third-order valence-electron chi connectivity index (χ3n) is 6.79. The summed E-state index contributed by atoms with van der Waals surface area (Å²) < 4.78 is 23.2. The van der Waals surface area contributed by atoms with Crippen LogP contribution in [0.2, 0.25) is 0 Å². The van der Waals surface area contributed by atoms with E-state index in [0.717, 1.165) is 42.9 Å². The van der Waals surface area contributed by atoms with Gasteiger partial charge in [-0.15, -0.1) is 0 Å². The number of aromatic nitrogens is 2. The molecule has 9 nitrogen and oxygen atoms in total. The summed E-state index contributed by atoms with van der Waals surface area (Å²) in [6.07, 6.45) is 3.51. The lowest BCUT2D eigenvalue weighted by atomic mass is 9.81. The maximum Gasteiger partial charge on any atom is 0.252 e. The molecule has 0 bridgehead atoms. The van der Waals surface area contributed by atoms with Gasteiger partial charge in [0, 0.05) is 47.2 Å². The third-order valence-corrected chi connectivity index (χ3v) is 8.90. The van der Waals surface area contributed by atoms with E-state index < -0.39 is 9.84 Å². The van der Waals surface area contributed by atoms with Crippen LogP contribution in [0.3, 0.4) is 0 Å². The van der Waals surface area contributed by atoms with E-state index in [1.807, 2.05) is 30.3 Å². The van der Waals surface area contributed by atoms with Gasteiger partial charge in [0.1, 0.15) is 6.54 Å². The molecule has 1 amide bonds. The second-order valence-corrected chi connectivity index (χ2v) is 11.4. The van der Waals surface area contributed by atoms with Crippen LogP contribution in [0.5, 0.6) is 0 Å². The molecule has 184 valence electrons. The Labute approximate surface area is 210 Å². The lowest BCUT2D eigenvalue weighted by Crippen LogP contribution is -2.54. The zero-order chi connectivity index (χ0) is 25.2. The molecule has 2 aliphatic heterocycles. The molecule has 10 heteroatoms. The Hall–Kier alpha value is -3.97. The summed E-state index contributed by atoms with van der Waals surface area (Å²) in [6, 6.07) is 18.8. The Kier molecular flexibility index (Phi) is 6.33. The number of benzene rings is 2. The van der Waals surface area contributed by atoms with Gasteiger partial charge in [-0.25, -0.2) is 18.4 Å². The van der Waals surface area contributed by atoms with E-state index >= 15 is 0 Å². The highest BCUT2D eigenvalue weighted by molar-refractivity contribution is 7.92.